The van der Waals surface area contributed by atoms with Crippen LogP contribution in [0.3, 0.4) is 0 Å². The summed E-state index contributed by atoms with van der Waals surface area (Å²) in [5.74, 6) is 1.36. The summed E-state index contributed by atoms with van der Waals surface area (Å²) in [5.41, 5.74) is 1.31. The average molecular weight is 286 g/mol. The van der Waals surface area contributed by atoms with Crippen LogP contribution in [0, 0.1) is 0 Å². The lowest BCUT2D eigenvalue weighted by Crippen LogP contribution is -2.35. The van der Waals surface area contributed by atoms with E-state index in [-0.39, 0.29) is 5.88 Å². The molecule has 20 heavy (non-hydrogen) atoms. The van der Waals surface area contributed by atoms with Crippen molar-refractivity contribution < 1.29 is 9.62 Å². The van der Waals surface area contributed by atoms with Crippen molar-refractivity contribution >= 4 is 28.2 Å². The first kappa shape index (κ1) is 13.1. The number of benzene rings is 1. The molecule has 3 rings (SSSR count). The highest BCUT2D eigenvalue weighted by atomic mass is 32.2. The molecule has 102 valence electrons. The lowest BCUT2D eigenvalue weighted by atomic mass is 10.2. The van der Waals surface area contributed by atoms with E-state index in [0.29, 0.717) is 17.1 Å². The molecular weight excluding hydrogens is 272 g/mol. The Morgan fingerprint density at radius 2 is 2.00 bits per heavy atom. The van der Waals surface area contributed by atoms with Gasteiger partial charge in [0.2, 0.25) is 5.16 Å². The number of nitrogens with zero attached hydrogens (tertiary/aromatic N) is 4. The monoisotopic (exact) mass is 286 g/mol. The van der Waals surface area contributed by atoms with Gasteiger partial charge in [0.25, 0.3) is 0 Å². The molecule has 0 fully saturated rings. The van der Waals surface area contributed by atoms with E-state index < -0.39 is 0 Å². The molecule has 0 saturated carbocycles. The zero-order chi connectivity index (χ0) is 14.1. The van der Waals surface area contributed by atoms with Crippen molar-refractivity contribution in [1.82, 2.24) is 15.1 Å². The van der Waals surface area contributed by atoms with Gasteiger partial charge in [-0.3, -0.25) is 0 Å². The Morgan fingerprint density at radius 1 is 1.20 bits per heavy atom. The van der Waals surface area contributed by atoms with Crippen molar-refractivity contribution in [2.45, 2.75) is 25.4 Å². The highest BCUT2D eigenvalue weighted by molar-refractivity contribution is 7.99. The average Bonchev–Trinajstić information content (AvgIpc) is 2.46. The largest absolute Gasteiger partial charge is 0.856 e. The Kier molecular flexibility index (Phi) is 3.40. The topological polar surface area (TPSA) is 65.8 Å². The molecule has 3 aromatic rings. The number of hydrogen-bond donors (Lipinski definition) is 0. The van der Waals surface area contributed by atoms with Gasteiger partial charge in [-0.25, -0.2) is 4.98 Å². The molecule has 5 nitrogen and oxygen atoms in total. The van der Waals surface area contributed by atoms with E-state index >= 15 is 0 Å². The number of fused-ring (bicyclic) bond motifs is 3. The van der Waals surface area contributed by atoms with Gasteiger partial charge in [-0.2, -0.15) is 0 Å². The van der Waals surface area contributed by atoms with E-state index in [2.05, 4.69) is 15.1 Å². The molecule has 0 bridgehead atoms. The minimum atomic E-state index is -0.246. The van der Waals surface area contributed by atoms with Crippen molar-refractivity contribution in [3.63, 3.8) is 0 Å². The van der Waals surface area contributed by atoms with Gasteiger partial charge in [0.05, 0.1) is 11.8 Å². The van der Waals surface area contributed by atoms with Gasteiger partial charge in [-0.05, 0) is 22.9 Å². The van der Waals surface area contributed by atoms with Gasteiger partial charge >= 0.3 is 5.82 Å². The molecule has 0 amide bonds. The third-order valence-corrected chi connectivity index (χ3v) is 3.76. The molecule has 2 aromatic heterocycles. The van der Waals surface area contributed by atoms with Crippen LogP contribution >= 0.6 is 11.8 Å². The lowest BCUT2D eigenvalue weighted by molar-refractivity contribution is -0.599. The molecule has 0 unspecified atom stereocenters. The predicted octanol–water partition coefficient (Wildman–Crippen LogP) is 1.51. The van der Waals surface area contributed by atoms with E-state index in [1.54, 1.807) is 4.52 Å². The van der Waals surface area contributed by atoms with Crippen LogP contribution in [-0.4, -0.2) is 20.8 Å². The fraction of sp³-hybridized carbons (Fsp3) is 0.286. The second kappa shape index (κ2) is 5.20. The second-order valence-electron chi connectivity index (χ2n) is 4.29. The molecule has 0 radical (unpaired) electrons. The molecule has 0 atom stereocenters. The van der Waals surface area contributed by atoms with E-state index in [1.807, 2.05) is 38.1 Å². The quantitative estimate of drug-likeness (QED) is 0.415. The van der Waals surface area contributed by atoms with Crippen molar-refractivity contribution in [3.05, 3.63) is 30.1 Å². The summed E-state index contributed by atoms with van der Waals surface area (Å²) in [5, 5.41) is 18.1. The molecule has 0 aliphatic rings. The predicted molar refractivity (Wildman–Crippen MR) is 75.7 cm³/mol. The smallest absolute Gasteiger partial charge is 0.324 e. The van der Waals surface area contributed by atoms with Crippen LogP contribution in [-0.2, 0) is 6.42 Å². The number of rotatable bonds is 3. The third-order valence-electron chi connectivity index (χ3n) is 3.04. The van der Waals surface area contributed by atoms with Gasteiger partial charge in [0.1, 0.15) is 0 Å². The van der Waals surface area contributed by atoms with Gasteiger partial charge in [-0.1, -0.05) is 47.4 Å². The molecule has 0 spiro atoms. The van der Waals surface area contributed by atoms with Crippen LogP contribution < -0.4 is 9.62 Å². The number of aromatic nitrogens is 4. The molecule has 0 saturated heterocycles. The summed E-state index contributed by atoms with van der Waals surface area (Å²) >= 11 is 1.46. The van der Waals surface area contributed by atoms with Crippen LogP contribution in [0.25, 0.3) is 16.4 Å². The van der Waals surface area contributed by atoms with Crippen LogP contribution in [0.4, 0.5) is 0 Å². The molecule has 0 aliphatic carbocycles. The minimum absolute atomic E-state index is 0.246. The van der Waals surface area contributed by atoms with Gasteiger partial charge in [0, 0.05) is 5.88 Å². The fourth-order valence-electron chi connectivity index (χ4n) is 2.18. The molecule has 2 heterocycles. The summed E-state index contributed by atoms with van der Waals surface area (Å²) in [6.45, 7) is 4.01. The van der Waals surface area contributed by atoms with E-state index in [1.165, 1.54) is 11.8 Å². The summed E-state index contributed by atoms with van der Waals surface area (Å²) in [7, 11) is 0. The lowest BCUT2D eigenvalue weighted by Gasteiger charge is -2.09. The Hall–Kier alpha value is -1.95. The van der Waals surface area contributed by atoms with Crippen molar-refractivity contribution in [2.75, 3.05) is 5.75 Å². The maximum Gasteiger partial charge on any atom is 0.324 e. The number of aryl methyl sites for hydroxylation is 1. The summed E-state index contributed by atoms with van der Waals surface area (Å²) in [6.07, 6.45) is 0.707. The Balaban J connectivity index is 2.45. The fourth-order valence-corrected chi connectivity index (χ4v) is 2.73. The SMILES string of the molecule is CCSc1nc([O-])c2c3ccccc3nc(CC)[n+]2n1. The van der Waals surface area contributed by atoms with E-state index in [4.69, 9.17) is 0 Å². The molecular formula is C14H14N4OS. The Morgan fingerprint density at radius 3 is 2.75 bits per heavy atom. The zero-order valence-corrected chi connectivity index (χ0v) is 12.1. The van der Waals surface area contributed by atoms with Crippen molar-refractivity contribution in [3.8, 4) is 5.88 Å². The Labute approximate surface area is 120 Å². The van der Waals surface area contributed by atoms with Crippen LogP contribution in [0.5, 0.6) is 5.88 Å². The van der Waals surface area contributed by atoms with Crippen LogP contribution in [0.1, 0.15) is 19.7 Å². The molecule has 1 aromatic carbocycles. The molecule has 0 N–H and O–H groups in total. The van der Waals surface area contributed by atoms with E-state index in [0.717, 1.165) is 22.5 Å². The highest BCUT2D eigenvalue weighted by Crippen LogP contribution is 2.22. The number of hydrogen-bond acceptors (Lipinski definition) is 5. The maximum atomic E-state index is 12.3. The first-order valence-corrected chi connectivity index (χ1v) is 7.54. The third kappa shape index (κ3) is 2.06. The first-order chi connectivity index (χ1) is 9.74. The van der Waals surface area contributed by atoms with Gasteiger partial charge in [0.15, 0.2) is 11.0 Å². The Bertz CT molecular complexity index is 791. The second-order valence-corrected chi connectivity index (χ2v) is 5.52. The normalized spacial score (nSPS) is 11.3. The minimum Gasteiger partial charge on any atom is -0.856 e. The first-order valence-electron chi connectivity index (χ1n) is 6.56. The van der Waals surface area contributed by atoms with Crippen molar-refractivity contribution in [2.24, 2.45) is 0 Å². The summed E-state index contributed by atoms with van der Waals surface area (Å²) < 4.78 is 1.65. The van der Waals surface area contributed by atoms with Crippen LogP contribution in [0.2, 0.25) is 0 Å². The number of para-hydroxylation sites is 1. The van der Waals surface area contributed by atoms with Gasteiger partial charge < -0.3 is 5.11 Å². The standard InChI is InChI=1S/C14H14N4OS/c1-3-11-15-10-8-6-5-7-9(10)12-13(19)16-14(20-4-2)17-18(11)12/h5-8H,3-4H2,1-2H3. The highest BCUT2D eigenvalue weighted by Gasteiger charge is 2.18. The molecule has 0 aliphatic heterocycles. The summed E-state index contributed by atoms with van der Waals surface area (Å²) in [4.78, 5) is 8.65. The van der Waals surface area contributed by atoms with E-state index in [9.17, 15) is 5.11 Å². The zero-order valence-electron chi connectivity index (χ0n) is 11.3. The number of thioether (sulfide) groups is 1. The molecule has 6 heteroatoms. The van der Waals surface area contributed by atoms with Crippen LogP contribution in [0.15, 0.2) is 29.4 Å². The van der Waals surface area contributed by atoms with Crippen molar-refractivity contribution in [1.29, 1.82) is 0 Å². The van der Waals surface area contributed by atoms with Gasteiger partial charge in [-0.15, -0.1) is 0 Å². The maximum absolute atomic E-state index is 12.3. The summed E-state index contributed by atoms with van der Waals surface area (Å²) in [6, 6.07) is 7.60.